The summed E-state index contributed by atoms with van der Waals surface area (Å²) in [5.74, 6) is 0. The van der Waals surface area contributed by atoms with Crippen LogP contribution in [-0.4, -0.2) is 34.1 Å². The van der Waals surface area contributed by atoms with Gasteiger partial charge in [0.2, 0.25) is 0 Å². The summed E-state index contributed by atoms with van der Waals surface area (Å²) in [7, 11) is 0. The molecule has 1 aliphatic carbocycles. The van der Waals surface area contributed by atoms with Gasteiger partial charge in [-0.05, 0) is 33.1 Å². The second kappa shape index (κ2) is 5.98. The van der Waals surface area contributed by atoms with E-state index in [1.165, 1.54) is 50.1 Å². The number of nitrogens with zero attached hydrogens (tertiary/aromatic N) is 2. The maximum Gasteiger partial charge on any atom is 0.107 e. The summed E-state index contributed by atoms with van der Waals surface area (Å²) < 4.78 is 0. The average Bonchev–Trinajstić information content (AvgIpc) is 2.90. The Kier molecular flexibility index (Phi) is 4.40. The normalized spacial score (nSPS) is 29.9. The Labute approximate surface area is 133 Å². The lowest BCUT2D eigenvalue weighted by Crippen LogP contribution is -2.69. The molecule has 2 aliphatic rings. The van der Waals surface area contributed by atoms with Crippen molar-refractivity contribution in [3.05, 3.63) is 16.1 Å². The van der Waals surface area contributed by atoms with E-state index in [2.05, 4.69) is 36.4 Å². The van der Waals surface area contributed by atoms with E-state index in [-0.39, 0.29) is 5.54 Å². The third kappa shape index (κ3) is 3.17. The van der Waals surface area contributed by atoms with E-state index >= 15 is 0 Å². The molecule has 1 saturated carbocycles. The molecule has 1 atom stereocenters. The molecule has 1 aliphatic heterocycles. The smallest absolute Gasteiger partial charge is 0.107 e. The fourth-order valence-corrected chi connectivity index (χ4v) is 4.69. The molecule has 1 aromatic rings. The first kappa shape index (κ1) is 15.4. The van der Waals surface area contributed by atoms with Gasteiger partial charge in [0.1, 0.15) is 5.01 Å². The second-order valence-electron chi connectivity index (χ2n) is 7.28. The Morgan fingerprint density at radius 1 is 1.33 bits per heavy atom. The highest BCUT2D eigenvalue weighted by atomic mass is 32.1. The van der Waals surface area contributed by atoms with Crippen LogP contribution in [0.3, 0.4) is 0 Å². The minimum absolute atomic E-state index is 0.266. The van der Waals surface area contributed by atoms with Gasteiger partial charge in [0.25, 0.3) is 0 Å². The summed E-state index contributed by atoms with van der Waals surface area (Å²) in [6, 6.07) is 0. The quantitative estimate of drug-likeness (QED) is 0.922. The van der Waals surface area contributed by atoms with Crippen molar-refractivity contribution in [1.29, 1.82) is 0 Å². The van der Waals surface area contributed by atoms with Gasteiger partial charge in [-0.3, -0.25) is 4.90 Å². The number of hydrogen-bond acceptors (Lipinski definition) is 4. The van der Waals surface area contributed by atoms with Gasteiger partial charge in [-0.1, -0.05) is 26.2 Å². The van der Waals surface area contributed by atoms with Gasteiger partial charge >= 0.3 is 0 Å². The minimum Gasteiger partial charge on any atom is -0.308 e. The topological polar surface area (TPSA) is 28.2 Å². The molecular formula is C17H29N3S. The molecule has 1 spiro atoms. The van der Waals surface area contributed by atoms with Gasteiger partial charge in [-0.25, -0.2) is 4.98 Å². The number of aryl methyl sites for hydroxylation is 1. The van der Waals surface area contributed by atoms with Gasteiger partial charge in [0.05, 0.1) is 6.54 Å². The van der Waals surface area contributed by atoms with Crippen molar-refractivity contribution in [2.24, 2.45) is 0 Å². The number of aromatic nitrogens is 1. The molecule has 0 aromatic carbocycles. The predicted octanol–water partition coefficient (Wildman–Crippen LogP) is 3.73. The number of rotatable bonds is 3. The van der Waals surface area contributed by atoms with E-state index in [0.29, 0.717) is 5.54 Å². The zero-order valence-corrected chi connectivity index (χ0v) is 14.6. The highest BCUT2D eigenvalue weighted by molar-refractivity contribution is 7.09. The highest BCUT2D eigenvalue weighted by Crippen LogP contribution is 2.36. The van der Waals surface area contributed by atoms with Crippen LogP contribution in [0.5, 0.6) is 0 Å². The Morgan fingerprint density at radius 3 is 2.71 bits per heavy atom. The van der Waals surface area contributed by atoms with Crippen molar-refractivity contribution in [1.82, 2.24) is 15.2 Å². The third-order valence-corrected chi connectivity index (χ3v) is 6.62. The van der Waals surface area contributed by atoms with Crippen LogP contribution >= 0.6 is 11.3 Å². The molecule has 0 radical (unpaired) electrons. The highest BCUT2D eigenvalue weighted by Gasteiger charge is 2.44. The molecule has 118 valence electrons. The van der Waals surface area contributed by atoms with E-state index < -0.39 is 0 Å². The molecule has 3 nitrogen and oxygen atoms in total. The van der Waals surface area contributed by atoms with Crippen LogP contribution in [0, 0.1) is 6.92 Å². The number of hydrogen-bond donors (Lipinski definition) is 1. The fraction of sp³-hybridized carbons (Fsp3) is 0.824. The first-order chi connectivity index (χ1) is 10.1. The molecule has 1 aromatic heterocycles. The molecular weight excluding hydrogens is 278 g/mol. The standard InChI is InChI=1S/C17H29N3S/c1-4-16(3)12-18-17(8-6-5-7-9-17)13-20(16)10-15-19-14(2)11-21-15/h11,18H,4-10,12-13H2,1-3H3. The van der Waals surface area contributed by atoms with Crippen molar-refractivity contribution < 1.29 is 0 Å². The molecule has 21 heavy (non-hydrogen) atoms. The maximum atomic E-state index is 4.69. The van der Waals surface area contributed by atoms with Gasteiger partial charge < -0.3 is 5.32 Å². The Morgan fingerprint density at radius 2 is 2.10 bits per heavy atom. The zero-order chi connectivity index (χ0) is 14.9. The predicted molar refractivity (Wildman–Crippen MR) is 89.8 cm³/mol. The summed E-state index contributed by atoms with van der Waals surface area (Å²) in [5, 5.41) is 7.39. The summed E-state index contributed by atoms with van der Waals surface area (Å²) in [6.07, 6.45) is 8.08. The zero-order valence-electron chi connectivity index (χ0n) is 13.7. The third-order valence-electron chi connectivity index (χ3n) is 5.67. The number of thiazole rings is 1. The Hall–Kier alpha value is -0.450. The molecule has 0 bridgehead atoms. The number of piperazine rings is 1. The van der Waals surface area contributed by atoms with Gasteiger partial charge in [0.15, 0.2) is 0 Å². The van der Waals surface area contributed by atoms with Crippen molar-refractivity contribution in [3.63, 3.8) is 0 Å². The Balaban J connectivity index is 1.78. The van der Waals surface area contributed by atoms with E-state index in [1.54, 1.807) is 0 Å². The second-order valence-corrected chi connectivity index (χ2v) is 8.23. The van der Waals surface area contributed by atoms with Gasteiger partial charge in [-0.15, -0.1) is 11.3 Å². The first-order valence-corrected chi connectivity index (χ1v) is 9.34. The van der Waals surface area contributed by atoms with Crippen molar-refractivity contribution in [2.45, 2.75) is 76.9 Å². The van der Waals surface area contributed by atoms with Crippen LogP contribution in [0.2, 0.25) is 0 Å². The molecule has 3 rings (SSSR count). The largest absolute Gasteiger partial charge is 0.308 e. The molecule has 1 saturated heterocycles. The minimum atomic E-state index is 0.266. The molecule has 0 amide bonds. The molecule has 2 heterocycles. The van der Waals surface area contributed by atoms with Crippen molar-refractivity contribution in [3.8, 4) is 0 Å². The summed E-state index contributed by atoms with van der Waals surface area (Å²) >= 11 is 1.82. The van der Waals surface area contributed by atoms with Crippen LogP contribution in [0.1, 0.15) is 63.1 Å². The molecule has 2 fully saturated rings. The lowest BCUT2D eigenvalue weighted by atomic mass is 9.77. The molecule has 4 heteroatoms. The van der Waals surface area contributed by atoms with E-state index in [1.807, 2.05) is 11.3 Å². The van der Waals surface area contributed by atoms with Crippen molar-refractivity contribution >= 4 is 11.3 Å². The number of nitrogens with one attached hydrogen (secondary N) is 1. The Bertz CT molecular complexity index is 478. The van der Waals surface area contributed by atoms with Crippen LogP contribution in [0.4, 0.5) is 0 Å². The van der Waals surface area contributed by atoms with Gasteiger partial charge in [0, 0.05) is 35.2 Å². The average molecular weight is 308 g/mol. The SMILES string of the molecule is CCC1(C)CNC2(CCCCC2)CN1Cc1nc(C)cs1. The molecule has 1 N–H and O–H groups in total. The van der Waals surface area contributed by atoms with Crippen LogP contribution in [0.15, 0.2) is 5.38 Å². The summed E-state index contributed by atoms with van der Waals surface area (Å²) in [5.41, 5.74) is 1.80. The van der Waals surface area contributed by atoms with E-state index in [4.69, 9.17) is 4.98 Å². The first-order valence-electron chi connectivity index (χ1n) is 8.46. The van der Waals surface area contributed by atoms with Crippen molar-refractivity contribution in [2.75, 3.05) is 13.1 Å². The van der Waals surface area contributed by atoms with Crippen LogP contribution in [0.25, 0.3) is 0 Å². The monoisotopic (exact) mass is 307 g/mol. The lowest BCUT2D eigenvalue weighted by Gasteiger charge is -2.54. The van der Waals surface area contributed by atoms with E-state index in [9.17, 15) is 0 Å². The molecule has 1 unspecified atom stereocenters. The summed E-state index contributed by atoms with van der Waals surface area (Å²) in [4.78, 5) is 7.41. The van der Waals surface area contributed by atoms with Crippen LogP contribution in [-0.2, 0) is 6.54 Å². The van der Waals surface area contributed by atoms with Gasteiger partial charge in [-0.2, -0.15) is 0 Å². The lowest BCUT2D eigenvalue weighted by molar-refractivity contribution is -0.00740. The summed E-state index contributed by atoms with van der Waals surface area (Å²) in [6.45, 7) is 10.2. The maximum absolute atomic E-state index is 4.69. The fourth-order valence-electron chi connectivity index (χ4n) is 3.90. The van der Waals surface area contributed by atoms with E-state index in [0.717, 1.165) is 18.8 Å². The van der Waals surface area contributed by atoms with Crippen LogP contribution < -0.4 is 5.32 Å².